The predicted octanol–water partition coefficient (Wildman–Crippen LogP) is 2.94. The molecule has 3 heteroatoms. The monoisotopic (exact) mass is 244 g/mol. The van der Waals surface area contributed by atoms with Gasteiger partial charge in [0.1, 0.15) is 5.82 Å². The molecule has 0 spiro atoms. The maximum atomic E-state index is 13.2. The van der Waals surface area contributed by atoms with Crippen LogP contribution in [0.15, 0.2) is 48.5 Å². The molecule has 0 aromatic heterocycles. The molecule has 2 aromatic carbocycles. The third kappa shape index (κ3) is 2.75. The van der Waals surface area contributed by atoms with Gasteiger partial charge in [-0.1, -0.05) is 43.3 Å². The van der Waals surface area contributed by atoms with Crippen LogP contribution in [0.5, 0.6) is 0 Å². The first-order valence-electron chi connectivity index (χ1n) is 6.05. The van der Waals surface area contributed by atoms with Crippen LogP contribution in [0.2, 0.25) is 0 Å². The third-order valence-corrected chi connectivity index (χ3v) is 3.07. The molecular weight excluding hydrogens is 227 g/mol. The van der Waals surface area contributed by atoms with E-state index in [0.717, 1.165) is 17.5 Å². The van der Waals surface area contributed by atoms with E-state index in [1.165, 1.54) is 17.7 Å². The summed E-state index contributed by atoms with van der Waals surface area (Å²) in [7, 11) is 0. The summed E-state index contributed by atoms with van der Waals surface area (Å²) in [6, 6.07) is 14.5. The molecule has 0 aliphatic rings. The fraction of sp³-hybridized carbons (Fsp3) is 0.200. The first kappa shape index (κ1) is 12.7. The van der Waals surface area contributed by atoms with E-state index < -0.39 is 0 Å². The minimum absolute atomic E-state index is 0.188. The molecule has 0 radical (unpaired) electrons. The number of nitrogens with two attached hydrogens (primary N) is 1. The molecule has 0 saturated carbocycles. The normalized spacial score (nSPS) is 12.4. The van der Waals surface area contributed by atoms with Gasteiger partial charge >= 0.3 is 0 Å². The van der Waals surface area contributed by atoms with Crippen molar-refractivity contribution in [2.24, 2.45) is 5.84 Å². The summed E-state index contributed by atoms with van der Waals surface area (Å²) < 4.78 is 13.2. The Morgan fingerprint density at radius 2 is 1.83 bits per heavy atom. The summed E-state index contributed by atoms with van der Waals surface area (Å²) >= 11 is 0. The summed E-state index contributed by atoms with van der Waals surface area (Å²) in [5.74, 6) is 5.33. The Hall–Kier alpha value is -1.71. The minimum atomic E-state index is -0.252. The predicted molar refractivity (Wildman–Crippen MR) is 71.4 cm³/mol. The minimum Gasteiger partial charge on any atom is -0.271 e. The molecule has 0 saturated heterocycles. The van der Waals surface area contributed by atoms with Crippen LogP contribution in [-0.2, 0) is 6.42 Å². The van der Waals surface area contributed by atoms with Crippen molar-refractivity contribution in [3.8, 4) is 0 Å². The number of aryl methyl sites for hydroxylation is 1. The van der Waals surface area contributed by atoms with Crippen LogP contribution in [0.1, 0.15) is 29.7 Å². The Kier molecular flexibility index (Phi) is 4.07. The number of rotatable bonds is 4. The maximum absolute atomic E-state index is 13.2. The zero-order chi connectivity index (χ0) is 13.0. The Labute approximate surface area is 107 Å². The van der Waals surface area contributed by atoms with Crippen LogP contribution < -0.4 is 11.3 Å². The molecule has 0 fully saturated rings. The molecule has 18 heavy (non-hydrogen) atoms. The van der Waals surface area contributed by atoms with Gasteiger partial charge < -0.3 is 0 Å². The van der Waals surface area contributed by atoms with E-state index in [-0.39, 0.29) is 11.9 Å². The Bertz CT molecular complexity index is 508. The molecule has 94 valence electrons. The first-order chi connectivity index (χ1) is 8.74. The quantitative estimate of drug-likeness (QED) is 0.641. The Morgan fingerprint density at radius 1 is 1.11 bits per heavy atom. The van der Waals surface area contributed by atoms with Gasteiger partial charge in [0.05, 0.1) is 6.04 Å². The van der Waals surface area contributed by atoms with Crippen LogP contribution in [-0.4, -0.2) is 0 Å². The standard InChI is InChI=1S/C15H17FN2/c1-2-11-6-8-12(9-7-11)15(18-17)13-4-3-5-14(16)10-13/h3-10,15,18H,2,17H2,1H3. The van der Waals surface area contributed by atoms with Crippen molar-refractivity contribution in [3.05, 3.63) is 71.0 Å². The van der Waals surface area contributed by atoms with Crippen molar-refractivity contribution in [1.29, 1.82) is 0 Å². The molecule has 2 nitrogen and oxygen atoms in total. The summed E-state index contributed by atoms with van der Waals surface area (Å²) in [4.78, 5) is 0. The van der Waals surface area contributed by atoms with E-state index in [0.29, 0.717) is 0 Å². The van der Waals surface area contributed by atoms with Gasteiger partial charge in [-0.15, -0.1) is 0 Å². The second kappa shape index (κ2) is 5.76. The zero-order valence-electron chi connectivity index (χ0n) is 10.4. The van der Waals surface area contributed by atoms with Crippen LogP contribution in [0.3, 0.4) is 0 Å². The van der Waals surface area contributed by atoms with Crippen molar-refractivity contribution in [3.63, 3.8) is 0 Å². The highest BCUT2D eigenvalue weighted by Gasteiger charge is 2.12. The molecule has 3 N–H and O–H groups in total. The second-order valence-electron chi connectivity index (χ2n) is 4.25. The lowest BCUT2D eigenvalue weighted by atomic mass is 9.98. The lowest BCUT2D eigenvalue weighted by Crippen LogP contribution is -2.28. The number of nitrogens with one attached hydrogen (secondary N) is 1. The molecule has 0 aliphatic heterocycles. The van der Waals surface area contributed by atoms with Crippen molar-refractivity contribution < 1.29 is 4.39 Å². The first-order valence-corrected chi connectivity index (χ1v) is 6.05. The average Bonchev–Trinajstić information content (AvgIpc) is 2.40. The topological polar surface area (TPSA) is 38.0 Å². The summed E-state index contributed by atoms with van der Waals surface area (Å²) in [5, 5.41) is 0. The molecule has 1 unspecified atom stereocenters. The van der Waals surface area contributed by atoms with Gasteiger partial charge in [-0.2, -0.15) is 0 Å². The lowest BCUT2D eigenvalue weighted by Gasteiger charge is -2.17. The van der Waals surface area contributed by atoms with E-state index in [9.17, 15) is 4.39 Å². The molecule has 0 amide bonds. The van der Waals surface area contributed by atoms with E-state index >= 15 is 0 Å². The molecule has 0 aliphatic carbocycles. The van der Waals surface area contributed by atoms with Crippen molar-refractivity contribution in [1.82, 2.24) is 5.43 Å². The molecule has 1 atom stereocenters. The SMILES string of the molecule is CCc1ccc(C(NN)c2cccc(F)c2)cc1. The van der Waals surface area contributed by atoms with E-state index in [1.807, 2.05) is 18.2 Å². The summed E-state index contributed by atoms with van der Waals surface area (Å²) in [6.45, 7) is 2.11. The van der Waals surface area contributed by atoms with E-state index in [4.69, 9.17) is 5.84 Å². The summed E-state index contributed by atoms with van der Waals surface area (Å²) in [6.07, 6.45) is 1.00. The maximum Gasteiger partial charge on any atom is 0.123 e. The number of hydrazine groups is 1. The van der Waals surface area contributed by atoms with Gasteiger partial charge in [0, 0.05) is 0 Å². The number of benzene rings is 2. The molecular formula is C15H17FN2. The highest BCUT2D eigenvalue weighted by Crippen LogP contribution is 2.22. The van der Waals surface area contributed by atoms with Crippen LogP contribution in [0.25, 0.3) is 0 Å². The van der Waals surface area contributed by atoms with Gasteiger partial charge in [-0.3, -0.25) is 5.84 Å². The molecule has 0 heterocycles. The number of halogens is 1. The molecule has 0 bridgehead atoms. The second-order valence-corrected chi connectivity index (χ2v) is 4.25. The van der Waals surface area contributed by atoms with Gasteiger partial charge in [-0.25, -0.2) is 9.82 Å². The smallest absolute Gasteiger partial charge is 0.123 e. The van der Waals surface area contributed by atoms with Crippen LogP contribution in [0.4, 0.5) is 4.39 Å². The van der Waals surface area contributed by atoms with Gasteiger partial charge in [0.25, 0.3) is 0 Å². The third-order valence-electron chi connectivity index (χ3n) is 3.07. The van der Waals surface area contributed by atoms with Crippen LogP contribution in [0, 0.1) is 5.82 Å². The molecule has 2 rings (SSSR count). The average molecular weight is 244 g/mol. The number of hydrogen-bond donors (Lipinski definition) is 2. The van der Waals surface area contributed by atoms with Gasteiger partial charge in [0.2, 0.25) is 0 Å². The number of hydrogen-bond acceptors (Lipinski definition) is 2. The Balaban J connectivity index is 2.32. The van der Waals surface area contributed by atoms with Gasteiger partial charge in [0.15, 0.2) is 0 Å². The van der Waals surface area contributed by atoms with Crippen molar-refractivity contribution in [2.75, 3.05) is 0 Å². The largest absolute Gasteiger partial charge is 0.271 e. The van der Waals surface area contributed by atoms with Crippen LogP contribution >= 0.6 is 0 Å². The molecule has 2 aromatic rings. The highest BCUT2D eigenvalue weighted by atomic mass is 19.1. The van der Waals surface area contributed by atoms with Gasteiger partial charge in [-0.05, 0) is 35.2 Å². The van der Waals surface area contributed by atoms with E-state index in [1.54, 1.807) is 6.07 Å². The highest BCUT2D eigenvalue weighted by molar-refractivity contribution is 5.33. The van der Waals surface area contributed by atoms with Crippen molar-refractivity contribution >= 4 is 0 Å². The Morgan fingerprint density at radius 3 is 2.39 bits per heavy atom. The fourth-order valence-electron chi connectivity index (χ4n) is 2.02. The fourth-order valence-corrected chi connectivity index (χ4v) is 2.02. The van der Waals surface area contributed by atoms with Crippen molar-refractivity contribution in [2.45, 2.75) is 19.4 Å². The summed E-state index contributed by atoms with van der Waals surface area (Å²) in [5.41, 5.74) is 5.85. The van der Waals surface area contributed by atoms with E-state index in [2.05, 4.69) is 24.5 Å². The zero-order valence-corrected chi connectivity index (χ0v) is 10.4. The lowest BCUT2D eigenvalue weighted by molar-refractivity contribution is 0.605.